The molecule has 6 heteroatoms. The molecule has 0 saturated carbocycles. The summed E-state index contributed by atoms with van der Waals surface area (Å²) in [5.41, 5.74) is -0.473. The van der Waals surface area contributed by atoms with Gasteiger partial charge < -0.3 is 19.9 Å². The van der Waals surface area contributed by atoms with E-state index in [9.17, 15) is 9.59 Å². The third-order valence-corrected chi connectivity index (χ3v) is 4.23. The van der Waals surface area contributed by atoms with E-state index in [1.807, 2.05) is 60.3 Å². The highest BCUT2D eigenvalue weighted by molar-refractivity contribution is 5.79. The maximum absolute atomic E-state index is 12.3. The average molecular weight is 400 g/mol. The number of amides is 2. The van der Waals surface area contributed by atoms with Gasteiger partial charge in [-0.25, -0.2) is 4.79 Å². The maximum Gasteiger partial charge on any atom is 0.410 e. The monoisotopic (exact) mass is 399 g/mol. The Labute approximate surface area is 173 Å². The van der Waals surface area contributed by atoms with Gasteiger partial charge in [-0.2, -0.15) is 0 Å². The Bertz CT molecular complexity index is 447. The van der Waals surface area contributed by atoms with Crippen LogP contribution in [0.3, 0.4) is 0 Å². The van der Waals surface area contributed by atoms with E-state index in [4.69, 9.17) is 10.1 Å². The largest absolute Gasteiger partial charge is 0.444 e. The van der Waals surface area contributed by atoms with Crippen molar-refractivity contribution < 1.29 is 14.3 Å². The van der Waals surface area contributed by atoms with Crippen LogP contribution in [0, 0.1) is 11.3 Å². The highest BCUT2D eigenvalue weighted by Crippen LogP contribution is 2.25. The molecule has 2 rings (SSSR count). The Morgan fingerprint density at radius 3 is 2.11 bits per heavy atom. The molecule has 166 valence electrons. The number of nitrogens with zero attached hydrogens (tertiary/aromatic N) is 2. The topological polar surface area (TPSA) is 73.7 Å². The summed E-state index contributed by atoms with van der Waals surface area (Å²) in [5, 5.41) is 6.08. The third-order valence-electron chi connectivity index (χ3n) is 4.23. The van der Waals surface area contributed by atoms with Crippen LogP contribution in [0.25, 0.3) is 0 Å². The van der Waals surface area contributed by atoms with Crippen molar-refractivity contribution in [2.45, 2.75) is 99.6 Å². The van der Waals surface area contributed by atoms with Crippen LogP contribution in [0.15, 0.2) is 0 Å². The summed E-state index contributed by atoms with van der Waals surface area (Å²) in [6.45, 7) is 19.5. The average Bonchev–Trinajstić information content (AvgIpc) is 2.67. The lowest BCUT2D eigenvalue weighted by Gasteiger charge is -2.42. The fourth-order valence-electron chi connectivity index (χ4n) is 3.15. The Morgan fingerprint density at radius 2 is 1.61 bits per heavy atom. The van der Waals surface area contributed by atoms with Gasteiger partial charge >= 0.3 is 6.09 Å². The fraction of sp³-hybridized carbons (Fsp3) is 0.864. The number of hydrogen-bond acceptors (Lipinski definition) is 4. The van der Waals surface area contributed by atoms with E-state index in [2.05, 4.69) is 0 Å². The first-order valence-corrected chi connectivity index (χ1v) is 10.9. The minimum Gasteiger partial charge on any atom is -0.444 e. The summed E-state index contributed by atoms with van der Waals surface area (Å²) in [5.74, 6) is 0.368. The van der Waals surface area contributed by atoms with Crippen LogP contribution in [0.4, 0.5) is 4.79 Å². The van der Waals surface area contributed by atoms with E-state index >= 15 is 0 Å². The van der Waals surface area contributed by atoms with Crippen LogP contribution in [-0.2, 0) is 9.53 Å². The first-order valence-electron chi connectivity index (χ1n) is 10.9. The van der Waals surface area contributed by atoms with Crippen LogP contribution in [0.1, 0.15) is 88.0 Å². The standard InChI is InChI=1S/C16H28N2O3.C2H5N.2C2H6/c1-12-7-5-10-18(14(12)19)13-8-6-9-17(11-13)15(20)21-16(2,3)4;1-2-3;2*1-2/h12-13H,5-11H2,1-4H3;2-3H,1H3;2*1-2H3. The van der Waals surface area contributed by atoms with Gasteiger partial charge in [0.05, 0.1) is 0 Å². The predicted octanol–water partition coefficient (Wildman–Crippen LogP) is 5.35. The summed E-state index contributed by atoms with van der Waals surface area (Å²) in [6, 6.07) is 0.154. The number of ether oxygens (including phenoxy) is 1. The lowest BCUT2D eigenvalue weighted by molar-refractivity contribution is -0.141. The Hall–Kier alpha value is -1.59. The molecule has 2 aliphatic rings. The fourth-order valence-corrected chi connectivity index (χ4v) is 3.15. The van der Waals surface area contributed by atoms with Crippen molar-refractivity contribution in [1.82, 2.24) is 9.80 Å². The number of carbonyl (C=O) groups is 2. The van der Waals surface area contributed by atoms with E-state index < -0.39 is 5.60 Å². The van der Waals surface area contributed by atoms with Gasteiger partial charge in [0, 0.05) is 31.6 Å². The zero-order valence-corrected chi connectivity index (χ0v) is 19.8. The molecule has 2 saturated heterocycles. The van der Waals surface area contributed by atoms with Gasteiger partial charge in [0.1, 0.15) is 5.60 Å². The van der Waals surface area contributed by atoms with Crippen molar-refractivity contribution in [2.24, 2.45) is 5.92 Å². The summed E-state index contributed by atoms with van der Waals surface area (Å²) in [7, 11) is 0. The first kappa shape index (κ1) is 28.6. The molecule has 0 spiro atoms. The second-order valence-electron chi connectivity index (χ2n) is 7.59. The van der Waals surface area contributed by atoms with Crippen molar-refractivity contribution in [3.05, 3.63) is 0 Å². The molecule has 2 unspecified atom stereocenters. The molecule has 0 radical (unpaired) electrons. The lowest BCUT2D eigenvalue weighted by atomic mass is 9.95. The number of carbonyl (C=O) groups excluding carboxylic acids is 2. The van der Waals surface area contributed by atoms with E-state index in [1.54, 1.807) is 11.8 Å². The van der Waals surface area contributed by atoms with Crippen molar-refractivity contribution in [1.29, 1.82) is 5.41 Å². The van der Waals surface area contributed by atoms with Crippen LogP contribution >= 0.6 is 0 Å². The Morgan fingerprint density at radius 1 is 1.11 bits per heavy atom. The zero-order chi connectivity index (χ0) is 22.3. The van der Waals surface area contributed by atoms with Crippen LogP contribution < -0.4 is 0 Å². The van der Waals surface area contributed by atoms with Crippen molar-refractivity contribution in [2.75, 3.05) is 19.6 Å². The van der Waals surface area contributed by atoms with E-state index in [0.717, 1.165) is 38.8 Å². The molecular weight excluding hydrogens is 354 g/mol. The smallest absolute Gasteiger partial charge is 0.410 e. The number of hydrogen-bond donors (Lipinski definition) is 1. The van der Waals surface area contributed by atoms with Gasteiger partial charge in [0.15, 0.2) is 0 Å². The summed E-state index contributed by atoms with van der Waals surface area (Å²) < 4.78 is 5.44. The molecule has 6 nitrogen and oxygen atoms in total. The predicted molar refractivity (Wildman–Crippen MR) is 118 cm³/mol. The molecule has 2 atom stereocenters. The second-order valence-corrected chi connectivity index (χ2v) is 7.59. The Balaban J connectivity index is 0. The molecule has 0 bridgehead atoms. The van der Waals surface area contributed by atoms with Gasteiger partial charge in [-0.05, 0) is 59.6 Å². The van der Waals surface area contributed by atoms with Crippen LogP contribution in [-0.4, -0.2) is 59.3 Å². The Kier molecular flexibility index (Phi) is 15.7. The first-order chi connectivity index (χ1) is 13.2. The van der Waals surface area contributed by atoms with Crippen molar-refractivity contribution in [3.8, 4) is 0 Å². The molecule has 28 heavy (non-hydrogen) atoms. The van der Waals surface area contributed by atoms with Crippen LogP contribution in [0.5, 0.6) is 0 Å². The highest BCUT2D eigenvalue weighted by atomic mass is 16.6. The molecule has 0 aromatic carbocycles. The van der Waals surface area contributed by atoms with E-state index in [-0.39, 0.29) is 24.0 Å². The molecule has 2 amide bonds. The molecule has 2 aliphatic heterocycles. The van der Waals surface area contributed by atoms with Crippen molar-refractivity contribution >= 4 is 18.2 Å². The highest BCUT2D eigenvalue weighted by Gasteiger charge is 2.35. The molecule has 2 fully saturated rings. The lowest BCUT2D eigenvalue weighted by Crippen LogP contribution is -2.55. The SMILES string of the molecule is CC.CC.CC1CCCN(C2CCCN(C(=O)OC(C)(C)C)C2)C1=O.CC=N. The van der Waals surface area contributed by atoms with Gasteiger partial charge in [0.2, 0.25) is 5.91 Å². The third kappa shape index (κ3) is 10.7. The summed E-state index contributed by atoms with van der Waals surface area (Å²) in [4.78, 5) is 28.3. The zero-order valence-electron chi connectivity index (χ0n) is 19.8. The number of likely N-dealkylation sites (tertiary alicyclic amines) is 2. The molecule has 0 aromatic rings. The quantitative estimate of drug-likeness (QED) is 0.604. The molecule has 2 heterocycles. The van der Waals surface area contributed by atoms with Gasteiger partial charge in [-0.15, -0.1) is 0 Å². The number of nitrogens with one attached hydrogen (secondary N) is 1. The number of piperidine rings is 2. The maximum atomic E-state index is 12.3. The molecule has 1 N–H and O–H groups in total. The summed E-state index contributed by atoms with van der Waals surface area (Å²) in [6.07, 6.45) is 4.96. The van der Waals surface area contributed by atoms with Crippen molar-refractivity contribution in [3.63, 3.8) is 0 Å². The minimum atomic E-state index is -0.473. The normalized spacial score (nSPS) is 21.7. The minimum absolute atomic E-state index is 0.121. The van der Waals surface area contributed by atoms with Gasteiger partial charge in [-0.1, -0.05) is 34.6 Å². The number of rotatable bonds is 1. The molecular formula is C22H45N3O3. The van der Waals surface area contributed by atoms with Gasteiger partial charge in [0.25, 0.3) is 0 Å². The second kappa shape index (κ2) is 15.3. The van der Waals surface area contributed by atoms with E-state index in [1.165, 1.54) is 6.21 Å². The van der Waals surface area contributed by atoms with Crippen LogP contribution in [0.2, 0.25) is 0 Å². The molecule has 0 aromatic heterocycles. The summed E-state index contributed by atoms with van der Waals surface area (Å²) >= 11 is 0. The van der Waals surface area contributed by atoms with E-state index in [0.29, 0.717) is 6.54 Å². The molecule has 0 aliphatic carbocycles. The van der Waals surface area contributed by atoms with Gasteiger partial charge in [-0.3, -0.25) is 4.79 Å².